The van der Waals surface area contributed by atoms with E-state index < -0.39 is 0 Å². The van der Waals surface area contributed by atoms with Crippen molar-refractivity contribution in [3.05, 3.63) is 65.2 Å². The summed E-state index contributed by atoms with van der Waals surface area (Å²) < 4.78 is 5.18. The molecule has 1 fully saturated rings. The predicted octanol–water partition coefficient (Wildman–Crippen LogP) is 4.64. The van der Waals surface area contributed by atoms with Crippen molar-refractivity contribution < 1.29 is 9.53 Å². The molecule has 1 unspecified atom stereocenters. The molecule has 25 heavy (non-hydrogen) atoms. The lowest BCUT2D eigenvalue weighted by Crippen LogP contribution is -2.31. The van der Waals surface area contributed by atoms with Crippen LogP contribution in [0.25, 0.3) is 0 Å². The van der Waals surface area contributed by atoms with E-state index in [-0.39, 0.29) is 11.3 Å². The van der Waals surface area contributed by atoms with E-state index in [1.54, 1.807) is 7.11 Å². The molecule has 0 radical (unpaired) electrons. The summed E-state index contributed by atoms with van der Waals surface area (Å²) in [6.45, 7) is 5.21. The maximum atomic E-state index is 12.8. The molecule has 1 heterocycles. The van der Waals surface area contributed by atoms with Crippen molar-refractivity contribution in [2.45, 2.75) is 31.6 Å². The van der Waals surface area contributed by atoms with E-state index in [0.717, 1.165) is 23.6 Å². The zero-order valence-corrected chi connectivity index (χ0v) is 15.9. The van der Waals surface area contributed by atoms with Gasteiger partial charge < -0.3 is 9.64 Å². The van der Waals surface area contributed by atoms with Gasteiger partial charge in [-0.25, -0.2) is 0 Å². The fraction of sp³-hybridized carbons (Fsp3) is 0.381. The smallest absolute Gasteiger partial charge is 0.228 e. The second-order valence-electron chi connectivity index (χ2n) is 6.66. The topological polar surface area (TPSA) is 29.5 Å². The molecule has 0 N–H and O–H groups in total. The molecular weight excluding hydrogens is 330 g/mol. The van der Waals surface area contributed by atoms with Crippen molar-refractivity contribution in [3.63, 3.8) is 0 Å². The summed E-state index contributed by atoms with van der Waals surface area (Å²) in [7, 11) is 1.65. The number of nitrogens with zero attached hydrogens (tertiary/aromatic N) is 1. The van der Waals surface area contributed by atoms with E-state index in [9.17, 15) is 4.79 Å². The lowest BCUT2D eigenvalue weighted by molar-refractivity contribution is -0.130. The third-order valence-electron chi connectivity index (χ3n) is 4.61. The fourth-order valence-corrected chi connectivity index (χ4v) is 4.34. The van der Waals surface area contributed by atoms with Gasteiger partial charge in [-0.15, -0.1) is 11.8 Å². The molecule has 0 aromatic heterocycles. The van der Waals surface area contributed by atoms with E-state index in [0.29, 0.717) is 12.3 Å². The van der Waals surface area contributed by atoms with E-state index in [2.05, 4.69) is 38.1 Å². The van der Waals surface area contributed by atoms with Gasteiger partial charge in [0.15, 0.2) is 0 Å². The summed E-state index contributed by atoms with van der Waals surface area (Å²) in [5, 5.41) is 0.131. The number of ether oxygens (including phenoxy) is 1. The van der Waals surface area contributed by atoms with Crippen molar-refractivity contribution >= 4 is 17.7 Å². The van der Waals surface area contributed by atoms with Crippen LogP contribution in [-0.4, -0.2) is 30.2 Å². The highest BCUT2D eigenvalue weighted by Gasteiger charge is 2.30. The molecule has 3 nitrogen and oxygen atoms in total. The summed E-state index contributed by atoms with van der Waals surface area (Å²) >= 11 is 1.85. The van der Waals surface area contributed by atoms with Crippen LogP contribution in [0.4, 0.5) is 0 Å². The summed E-state index contributed by atoms with van der Waals surface area (Å²) in [4.78, 5) is 14.8. The first kappa shape index (κ1) is 17.9. The zero-order valence-electron chi connectivity index (χ0n) is 15.1. The maximum absolute atomic E-state index is 12.8. The van der Waals surface area contributed by atoms with E-state index >= 15 is 0 Å². The average Bonchev–Trinajstić information content (AvgIpc) is 3.12. The molecule has 132 valence electrons. The van der Waals surface area contributed by atoms with Crippen molar-refractivity contribution in [1.29, 1.82) is 0 Å². The van der Waals surface area contributed by atoms with Crippen LogP contribution in [0.5, 0.6) is 5.75 Å². The fourth-order valence-electron chi connectivity index (χ4n) is 3.07. The van der Waals surface area contributed by atoms with Crippen LogP contribution >= 0.6 is 11.8 Å². The third kappa shape index (κ3) is 4.18. The Morgan fingerprint density at radius 2 is 1.84 bits per heavy atom. The SMILES string of the molecule is COc1ccc(CC(=O)N2CCSC2c2ccc(C(C)C)cc2)cc1. The Balaban J connectivity index is 1.70. The molecule has 3 rings (SSSR count). The van der Waals surface area contributed by atoms with Crippen molar-refractivity contribution in [2.24, 2.45) is 0 Å². The number of methoxy groups -OCH3 is 1. The first-order chi connectivity index (χ1) is 12.1. The number of benzene rings is 2. The summed E-state index contributed by atoms with van der Waals surface area (Å²) in [6, 6.07) is 16.5. The second-order valence-corrected chi connectivity index (χ2v) is 7.84. The molecule has 0 aliphatic carbocycles. The third-order valence-corrected chi connectivity index (χ3v) is 5.87. The summed E-state index contributed by atoms with van der Waals surface area (Å²) in [5.41, 5.74) is 3.58. The van der Waals surface area contributed by atoms with Gasteiger partial charge in [-0.2, -0.15) is 0 Å². The number of thioether (sulfide) groups is 1. The van der Waals surface area contributed by atoms with Crippen LogP contribution in [0.1, 0.15) is 41.8 Å². The highest BCUT2D eigenvalue weighted by molar-refractivity contribution is 7.99. The minimum absolute atomic E-state index is 0.131. The van der Waals surface area contributed by atoms with Crippen LogP contribution in [0.2, 0.25) is 0 Å². The van der Waals surface area contributed by atoms with Gasteiger partial charge >= 0.3 is 0 Å². The molecule has 2 aromatic carbocycles. The molecule has 1 atom stereocenters. The Hall–Kier alpha value is -1.94. The highest BCUT2D eigenvalue weighted by Crippen LogP contribution is 2.38. The number of hydrogen-bond donors (Lipinski definition) is 0. The second kappa shape index (κ2) is 7.96. The van der Waals surface area contributed by atoms with Gasteiger partial charge in [0, 0.05) is 12.3 Å². The molecule has 4 heteroatoms. The minimum Gasteiger partial charge on any atom is -0.497 e. The van der Waals surface area contributed by atoms with Gasteiger partial charge in [0.25, 0.3) is 0 Å². The maximum Gasteiger partial charge on any atom is 0.228 e. The van der Waals surface area contributed by atoms with Crippen molar-refractivity contribution in [3.8, 4) is 5.75 Å². The first-order valence-corrected chi connectivity index (χ1v) is 9.77. The van der Waals surface area contributed by atoms with Gasteiger partial charge in [-0.3, -0.25) is 4.79 Å². The average molecular weight is 356 g/mol. The standard InChI is InChI=1S/C21H25NO2S/c1-15(2)17-6-8-18(9-7-17)21-22(12-13-25-21)20(23)14-16-4-10-19(24-3)11-5-16/h4-11,15,21H,12-14H2,1-3H3. The zero-order chi connectivity index (χ0) is 17.8. The van der Waals surface area contributed by atoms with E-state index in [1.807, 2.05) is 40.9 Å². The van der Waals surface area contributed by atoms with E-state index in [1.165, 1.54) is 11.1 Å². The van der Waals surface area contributed by atoms with E-state index in [4.69, 9.17) is 4.74 Å². The Morgan fingerprint density at radius 3 is 2.44 bits per heavy atom. The van der Waals surface area contributed by atoms with Crippen molar-refractivity contribution in [1.82, 2.24) is 4.90 Å². The quantitative estimate of drug-likeness (QED) is 0.783. The first-order valence-electron chi connectivity index (χ1n) is 8.72. The Kier molecular flexibility index (Phi) is 5.69. The van der Waals surface area contributed by atoms with Crippen LogP contribution in [0.15, 0.2) is 48.5 Å². The molecular formula is C21H25NO2S. The largest absolute Gasteiger partial charge is 0.497 e. The van der Waals surface area contributed by atoms with Gasteiger partial charge in [0.2, 0.25) is 5.91 Å². The number of hydrogen-bond acceptors (Lipinski definition) is 3. The molecule has 1 aliphatic heterocycles. The summed E-state index contributed by atoms with van der Waals surface area (Å²) in [5.74, 6) is 2.52. The minimum atomic E-state index is 0.131. The van der Waals surface area contributed by atoms with Crippen LogP contribution < -0.4 is 4.74 Å². The Morgan fingerprint density at radius 1 is 1.16 bits per heavy atom. The van der Waals surface area contributed by atoms with Crippen LogP contribution in [0.3, 0.4) is 0 Å². The monoisotopic (exact) mass is 355 g/mol. The number of carbonyl (C=O) groups is 1. The van der Waals surface area contributed by atoms with Crippen molar-refractivity contribution in [2.75, 3.05) is 19.4 Å². The molecule has 1 aliphatic rings. The van der Waals surface area contributed by atoms with Gasteiger partial charge in [0.1, 0.15) is 11.1 Å². The summed E-state index contributed by atoms with van der Waals surface area (Å²) in [6.07, 6.45) is 0.436. The predicted molar refractivity (Wildman–Crippen MR) is 104 cm³/mol. The Labute approximate surface area is 154 Å². The van der Waals surface area contributed by atoms with Gasteiger partial charge in [-0.1, -0.05) is 50.2 Å². The molecule has 0 bridgehead atoms. The van der Waals surface area contributed by atoms with Gasteiger partial charge in [-0.05, 0) is 34.7 Å². The van der Waals surface area contributed by atoms with Crippen LogP contribution in [0, 0.1) is 0 Å². The van der Waals surface area contributed by atoms with Crippen LogP contribution in [-0.2, 0) is 11.2 Å². The molecule has 1 amide bonds. The molecule has 0 saturated carbocycles. The molecule has 2 aromatic rings. The number of amides is 1. The number of rotatable bonds is 5. The highest BCUT2D eigenvalue weighted by atomic mass is 32.2. The molecule has 1 saturated heterocycles. The Bertz CT molecular complexity index is 710. The normalized spacial score (nSPS) is 17.1. The lowest BCUT2D eigenvalue weighted by atomic mass is 10.0. The number of carbonyl (C=O) groups excluding carboxylic acids is 1. The van der Waals surface area contributed by atoms with Gasteiger partial charge in [0.05, 0.1) is 13.5 Å². The lowest BCUT2D eigenvalue weighted by Gasteiger charge is -2.24. The molecule has 0 spiro atoms.